The zero-order valence-corrected chi connectivity index (χ0v) is 18.1. The number of hydrogen-bond donors (Lipinski definition) is 2. The Morgan fingerprint density at radius 1 is 0.906 bits per heavy atom. The Hall–Kier alpha value is -4.03. The van der Waals surface area contributed by atoms with E-state index in [0.29, 0.717) is 28.2 Å². The van der Waals surface area contributed by atoms with Gasteiger partial charge in [0.25, 0.3) is 5.91 Å². The molecule has 0 saturated carbocycles. The molecule has 156 valence electrons. The van der Waals surface area contributed by atoms with Crippen LogP contribution in [0.25, 0.3) is 33.3 Å². The lowest BCUT2D eigenvalue weighted by Crippen LogP contribution is -2.34. The summed E-state index contributed by atoms with van der Waals surface area (Å²) >= 11 is 5.31. The second-order valence-electron chi connectivity index (χ2n) is 7.54. The highest BCUT2D eigenvalue weighted by atomic mass is 32.1. The number of oxazole rings is 1. The van der Waals surface area contributed by atoms with Crippen LogP contribution in [0.15, 0.2) is 89.3 Å². The molecular formula is C26H19N3O2S. The number of fused-ring (bicyclic) bond motifs is 2. The van der Waals surface area contributed by atoms with Crippen molar-refractivity contribution < 1.29 is 9.21 Å². The van der Waals surface area contributed by atoms with E-state index in [1.165, 1.54) is 5.39 Å². The number of amides is 1. The molecule has 6 heteroatoms. The zero-order chi connectivity index (χ0) is 22.1. The number of benzene rings is 4. The molecule has 5 nitrogen and oxygen atoms in total. The van der Waals surface area contributed by atoms with E-state index in [4.69, 9.17) is 16.6 Å². The minimum Gasteiger partial charge on any atom is -0.436 e. The average Bonchev–Trinajstić information content (AvgIpc) is 3.22. The SMILES string of the molecule is Cc1cccc(C(=O)NC(=S)Nc2ccc3oc(-c4ccc5ccccc5c4)nc3c2)c1. The van der Waals surface area contributed by atoms with Crippen molar-refractivity contribution in [2.45, 2.75) is 6.92 Å². The van der Waals surface area contributed by atoms with Crippen LogP contribution in [0.3, 0.4) is 0 Å². The van der Waals surface area contributed by atoms with Gasteiger partial charge in [-0.3, -0.25) is 10.1 Å². The molecule has 0 unspecified atom stereocenters. The lowest BCUT2D eigenvalue weighted by molar-refractivity contribution is 0.0977. The van der Waals surface area contributed by atoms with Crippen LogP contribution in [-0.2, 0) is 0 Å². The van der Waals surface area contributed by atoms with E-state index in [-0.39, 0.29) is 11.0 Å². The fourth-order valence-electron chi connectivity index (χ4n) is 3.57. The van der Waals surface area contributed by atoms with Gasteiger partial charge in [0.2, 0.25) is 5.89 Å². The highest BCUT2D eigenvalue weighted by molar-refractivity contribution is 7.80. The lowest BCUT2D eigenvalue weighted by Gasteiger charge is -2.09. The number of carbonyl (C=O) groups is 1. The highest BCUT2D eigenvalue weighted by Crippen LogP contribution is 2.28. The van der Waals surface area contributed by atoms with Crippen LogP contribution in [0.5, 0.6) is 0 Å². The highest BCUT2D eigenvalue weighted by Gasteiger charge is 2.11. The van der Waals surface area contributed by atoms with Crippen LogP contribution in [0.2, 0.25) is 0 Å². The maximum atomic E-state index is 12.4. The molecule has 0 spiro atoms. The van der Waals surface area contributed by atoms with E-state index >= 15 is 0 Å². The summed E-state index contributed by atoms with van der Waals surface area (Å²) in [5, 5.41) is 8.26. The van der Waals surface area contributed by atoms with Gasteiger partial charge in [-0.2, -0.15) is 0 Å². The quantitative estimate of drug-likeness (QED) is 0.335. The van der Waals surface area contributed by atoms with Gasteiger partial charge in [-0.15, -0.1) is 0 Å². The van der Waals surface area contributed by atoms with Crippen LogP contribution in [0, 0.1) is 6.92 Å². The van der Waals surface area contributed by atoms with E-state index in [1.807, 2.05) is 61.5 Å². The van der Waals surface area contributed by atoms with Crippen molar-refractivity contribution in [2.24, 2.45) is 0 Å². The van der Waals surface area contributed by atoms with E-state index < -0.39 is 0 Å². The Labute approximate surface area is 190 Å². The van der Waals surface area contributed by atoms with Crippen LogP contribution in [-0.4, -0.2) is 16.0 Å². The maximum absolute atomic E-state index is 12.4. The molecule has 5 rings (SSSR count). The molecule has 0 saturated heterocycles. The Morgan fingerprint density at radius 2 is 1.75 bits per heavy atom. The van der Waals surface area contributed by atoms with Gasteiger partial charge in [0.15, 0.2) is 10.7 Å². The lowest BCUT2D eigenvalue weighted by atomic mass is 10.1. The molecule has 1 heterocycles. The third kappa shape index (κ3) is 4.08. The largest absolute Gasteiger partial charge is 0.436 e. The van der Waals surface area contributed by atoms with Crippen molar-refractivity contribution in [3.8, 4) is 11.5 Å². The van der Waals surface area contributed by atoms with Gasteiger partial charge in [-0.25, -0.2) is 4.98 Å². The molecule has 1 aromatic heterocycles. The molecule has 0 fully saturated rings. The number of nitrogens with zero attached hydrogens (tertiary/aromatic N) is 1. The monoisotopic (exact) mass is 437 g/mol. The van der Waals surface area contributed by atoms with Gasteiger partial charge >= 0.3 is 0 Å². The molecule has 0 radical (unpaired) electrons. The second kappa shape index (κ2) is 8.24. The molecule has 0 aliphatic heterocycles. The first-order chi connectivity index (χ1) is 15.5. The predicted molar refractivity (Wildman–Crippen MR) is 132 cm³/mol. The fraction of sp³-hybridized carbons (Fsp3) is 0.0385. The van der Waals surface area contributed by atoms with Gasteiger partial charge in [-0.1, -0.05) is 48.0 Å². The first-order valence-corrected chi connectivity index (χ1v) is 10.5. The van der Waals surface area contributed by atoms with E-state index in [2.05, 4.69) is 39.9 Å². The van der Waals surface area contributed by atoms with Gasteiger partial charge in [-0.05, 0) is 72.4 Å². The predicted octanol–water partition coefficient (Wildman–Crippen LogP) is 6.08. The van der Waals surface area contributed by atoms with Crippen molar-refractivity contribution in [3.63, 3.8) is 0 Å². The van der Waals surface area contributed by atoms with Crippen molar-refractivity contribution in [2.75, 3.05) is 5.32 Å². The van der Waals surface area contributed by atoms with Gasteiger partial charge in [0, 0.05) is 16.8 Å². The Morgan fingerprint density at radius 3 is 2.59 bits per heavy atom. The summed E-state index contributed by atoms with van der Waals surface area (Å²) in [6, 6.07) is 27.1. The summed E-state index contributed by atoms with van der Waals surface area (Å²) in [5.74, 6) is 0.297. The Balaban J connectivity index is 1.34. The number of thiocarbonyl (C=S) groups is 1. The number of aromatic nitrogens is 1. The minimum absolute atomic E-state index is 0.217. The molecule has 0 aliphatic rings. The summed E-state index contributed by atoms with van der Waals surface area (Å²) < 4.78 is 5.96. The van der Waals surface area contributed by atoms with Gasteiger partial charge in [0.05, 0.1) is 0 Å². The molecule has 1 amide bonds. The number of carbonyl (C=O) groups excluding carboxylic acids is 1. The first-order valence-electron chi connectivity index (χ1n) is 10.1. The molecule has 0 aliphatic carbocycles. The van der Waals surface area contributed by atoms with Gasteiger partial charge < -0.3 is 9.73 Å². The fourth-order valence-corrected chi connectivity index (χ4v) is 3.79. The van der Waals surface area contributed by atoms with Gasteiger partial charge in [0.1, 0.15) is 5.52 Å². The van der Waals surface area contributed by atoms with E-state index in [1.54, 1.807) is 6.07 Å². The maximum Gasteiger partial charge on any atom is 0.257 e. The average molecular weight is 438 g/mol. The molecule has 2 N–H and O–H groups in total. The van der Waals surface area contributed by atoms with E-state index in [9.17, 15) is 4.79 Å². The molecule has 0 bridgehead atoms. The summed E-state index contributed by atoms with van der Waals surface area (Å²) in [7, 11) is 0. The zero-order valence-electron chi connectivity index (χ0n) is 17.3. The Bertz CT molecular complexity index is 1490. The minimum atomic E-state index is -0.257. The van der Waals surface area contributed by atoms with Crippen LogP contribution < -0.4 is 10.6 Å². The summed E-state index contributed by atoms with van der Waals surface area (Å²) in [4.78, 5) is 17.0. The standard InChI is InChI=1S/C26H19N3O2S/c1-16-5-4-8-19(13-16)24(30)29-26(32)27-21-11-12-23-22(15-21)28-25(31-23)20-10-9-17-6-2-3-7-18(17)14-20/h2-15H,1H3,(H2,27,29,30,32). The molecule has 4 aromatic carbocycles. The third-order valence-corrected chi connectivity index (χ3v) is 5.35. The molecular weight excluding hydrogens is 418 g/mol. The van der Waals surface area contributed by atoms with Crippen molar-refractivity contribution in [3.05, 3.63) is 96.1 Å². The molecule has 32 heavy (non-hydrogen) atoms. The second-order valence-corrected chi connectivity index (χ2v) is 7.95. The number of anilines is 1. The smallest absolute Gasteiger partial charge is 0.257 e. The number of hydrogen-bond acceptors (Lipinski definition) is 4. The third-order valence-electron chi connectivity index (χ3n) is 5.15. The molecule has 5 aromatic rings. The van der Waals surface area contributed by atoms with Crippen LogP contribution in [0.4, 0.5) is 5.69 Å². The van der Waals surface area contributed by atoms with E-state index in [0.717, 1.165) is 16.5 Å². The van der Waals surface area contributed by atoms with Crippen molar-refractivity contribution in [1.29, 1.82) is 0 Å². The van der Waals surface area contributed by atoms with Crippen molar-refractivity contribution >= 4 is 50.8 Å². The Kier molecular flexibility index (Phi) is 5.13. The van der Waals surface area contributed by atoms with Crippen LogP contribution in [0.1, 0.15) is 15.9 Å². The summed E-state index contributed by atoms with van der Waals surface area (Å²) in [6.07, 6.45) is 0. The van der Waals surface area contributed by atoms with Crippen molar-refractivity contribution in [1.82, 2.24) is 10.3 Å². The summed E-state index contributed by atoms with van der Waals surface area (Å²) in [5.41, 5.74) is 4.57. The topological polar surface area (TPSA) is 67.2 Å². The summed E-state index contributed by atoms with van der Waals surface area (Å²) in [6.45, 7) is 1.94. The number of rotatable bonds is 3. The number of nitrogens with one attached hydrogen (secondary N) is 2. The van der Waals surface area contributed by atoms with Crippen LogP contribution >= 0.6 is 12.2 Å². The molecule has 0 atom stereocenters. The normalized spacial score (nSPS) is 10.9. The first kappa shape index (κ1) is 19.9. The number of aryl methyl sites for hydroxylation is 1.